The van der Waals surface area contributed by atoms with Crippen LogP contribution in [0.5, 0.6) is 0 Å². The molecule has 1 aliphatic rings. The van der Waals surface area contributed by atoms with Crippen LogP contribution < -0.4 is 5.32 Å². The second-order valence-corrected chi connectivity index (χ2v) is 4.09. The Bertz CT molecular complexity index is 242. The predicted molar refractivity (Wildman–Crippen MR) is 56.4 cm³/mol. The van der Waals surface area contributed by atoms with Gasteiger partial charge < -0.3 is 10.1 Å². The van der Waals surface area contributed by atoms with Gasteiger partial charge in [0.1, 0.15) is 5.54 Å². The van der Waals surface area contributed by atoms with Crippen LogP contribution in [-0.2, 0) is 9.53 Å². The fourth-order valence-electron chi connectivity index (χ4n) is 1.87. The minimum atomic E-state index is -0.733. The highest BCUT2D eigenvalue weighted by Gasteiger charge is 2.47. The van der Waals surface area contributed by atoms with Gasteiger partial charge in [-0.15, -0.1) is 0 Å². The first-order chi connectivity index (χ1) is 7.14. The molecule has 1 rings (SSSR count). The van der Waals surface area contributed by atoms with Crippen molar-refractivity contribution in [3.63, 3.8) is 0 Å². The van der Waals surface area contributed by atoms with E-state index < -0.39 is 17.6 Å². The number of ether oxygens (including phenoxy) is 1. The third-order valence-corrected chi connectivity index (χ3v) is 2.83. The monoisotopic (exact) mass is 213 g/mol. The molecule has 0 aliphatic carbocycles. The molecule has 0 aromatic rings. The molecule has 15 heavy (non-hydrogen) atoms. The summed E-state index contributed by atoms with van der Waals surface area (Å²) in [7, 11) is 0. The van der Waals surface area contributed by atoms with E-state index in [9.17, 15) is 9.59 Å². The number of nitrogens with one attached hydrogen (secondary N) is 1. The molecule has 1 heterocycles. The average molecular weight is 213 g/mol. The molecule has 1 fully saturated rings. The van der Waals surface area contributed by atoms with Gasteiger partial charge in [-0.3, -0.25) is 0 Å². The SMILES string of the molecule is CCCCC1(CCCC)NC(=O)OC1=O. The van der Waals surface area contributed by atoms with E-state index in [1.807, 2.05) is 0 Å². The van der Waals surface area contributed by atoms with E-state index in [-0.39, 0.29) is 0 Å². The van der Waals surface area contributed by atoms with Gasteiger partial charge in [0, 0.05) is 0 Å². The van der Waals surface area contributed by atoms with Gasteiger partial charge in [-0.05, 0) is 12.8 Å². The molecule has 1 saturated heterocycles. The molecule has 0 spiro atoms. The van der Waals surface area contributed by atoms with Crippen molar-refractivity contribution in [1.82, 2.24) is 5.32 Å². The summed E-state index contributed by atoms with van der Waals surface area (Å²) in [6.07, 6.45) is 4.67. The summed E-state index contributed by atoms with van der Waals surface area (Å²) in [5.41, 5.74) is -0.733. The number of carbonyl (C=O) groups excluding carboxylic acids is 2. The van der Waals surface area contributed by atoms with Gasteiger partial charge in [-0.25, -0.2) is 9.59 Å². The minimum absolute atomic E-state index is 0.394. The summed E-state index contributed by atoms with van der Waals surface area (Å²) in [5, 5.41) is 2.68. The Balaban J connectivity index is 2.67. The smallest absolute Gasteiger partial charge is 0.374 e. The fraction of sp³-hybridized carbons (Fsp3) is 0.818. The number of amides is 1. The number of esters is 1. The van der Waals surface area contributed by atoms with Crippen molar-refractivity contribution in [3.05, 3.63) is 0 Å². The standard InChI is InChI=1S/C11H19NO3/c1-3-5-7-11(8-6-4-2)9(13)15-10(14)12-11/h3-8H2,1-2H3,(H,12,14). The largest absolute Gasteiger partial charge is 0.415 e. The van der Waals surface area contributed by atoms with Gasteiger partial charge >= 0.3 is 12.1 Å². The molecule has 0 unspecified atom stereocenters. The van der Waals surface area contributed by atoms with Crippen LogP contribution in [0.4, 0.5) is 4.79 Å². The lowest BCUT2D eigenvalue weighted by Gasteiger charge is -2.23. The highest BCUT2D eigenvalue weighted by atomic mass is 16.6. The zero-order chi connectivity index (χ0) is 11.3. The second-order valence-electron chi connectivity index (χ2n) is 4.09. The topological polar surface area (TPSA) is 55.4 Å². The van der Waals surface area contributed by atoms with Gasteiger partial charge in [0.2, 0.25) is 0 Å². The molecule has 0 aromatic heterocycles. The molecule has 4 heteroatoms. The fourth-order valence-corrected chi connectivity index (χ4v) is 1.87. The number of hydrogen-bond acceptors (Lipinski definition) is 3. The molecular weight excluding hydrogens is 194 g/mol. The van der Waals surface area contributed by atoms with Gasteiger partial charge in [-0.2, -0.15) is 0 Å². The maximum absolute atomic E-state index is 11.6. The van der Waals surface area contributed by atoms with E-state index in [2.05, 4.69) is 23.9 Å². The Kier molecular flexibility index (Phi) is 4.12. The number of cyclic esters (lactones) is 2. The van der Waals surface area contributed by atoms with E-state index in [1.165, 1.54) is 0 Å². The number of unbranched alkanes of at least 4 members (excludes halogenated alkanes) is 2. The van der Waals surface area contributed by atoms with Crippen LogP contribution >= 0.6 is 0 Å². The first-order valence-corrected chi connectivity index (χ1v) is 5.69. The van der Waals surface area contributed by atoms with Crippen molar-refractivity contribution in [2.24, 2.45) is 0 Å². The summed E-state index contributed by atoms with van der Waals surface area (Å²) in [6.45, 7) is 4.13. The van der Waals surface area contributed by atoms with Crippen molar-refractivity contribution in [2.45, 2.75) is 57.9 Å². The van der Waals surface area contributed by atoms with Crippen molar-refractivity contribution in [2.75, 3.05) is 0 Å². The average Bonchev–Trinajstić information content (AvgIpc) is 2.48. The predicted octanol–water partition coefficient (Wildman–Crippen LogP) is 2.37. The lowest BCUT2D eigenvalue weighted by molar-refractivity contribution is -0.139. The Morgan fingerprint density at radius 3 is 2.00 bits per heavy atom. The van der Waals surface area contributed by atoms with Gasteiger partial charge in [0.25, 0.3) is 0 Å². The summed E-state index contributed by atoms with van der Waals surface area (Å²) in [6, 6.07) is 0. The summed E-state index contributed by atoms with van der Waals surface area (Å²) >= 11 is 0. The Morgan fingerprint density at radius 2 is 1.67 bits per heavy atom. The number of carbonyl (C=O) groups is 2. The zero-order valence-electron chi connectivity index (χ0n) is 9.47. The van der Waals surface area contributed by atoms with Crippen molar-refractivity contribution in [1.29, 1.82) is 0 Å². The van der Waals surface area contributed by atoms with Crippen LogP contribution in [0.2, 0.25) is 0 Å². The third kappa shape index (κ3) is 2.70. The maximum atomic E-state index is 11.6. The molecule has 0 saturated carbocycles. The molecule has 1 aliphatic heterocycles. The normalized spacial score (nSPS) is 18.8. The molecule has 0 atom stereocenters. The van der Waals surface area contributed by atoms with E-state index >= 15 is 0 Å². The lowest BCUT2D eigenvalue weighted by Crippen LogP contribution is -2.46. The van der Waals surface area contributed by atoms with Gasteiger partial charge in [0.05, 0.1) is 0 Å². The Hall–Kier alpha value is -1.06. The van der Waals surface area contributed by atoms with Gasteiger partial charge in [0.15, 0.2) is 0 Å². The molecule has 4 nitrogen and oxygen atoms in total. The second kappa shape index (κ2) is 5.14. The number of alkyl carbamates (subject to hydrolysis) is 1. The molecule has 0 radical (unpaired) electrons. The Labute approximate surface area is 90.4 Å². The van der Waals surface area contributed by atoms with Crippen molar-refractivity contribution < 1.29 is 14.3 Å². The van der Waals surface area contributed by atoms with E-state index in [0.717, 1.165) is 25.7 Å². The van der Waals surface area contributed by atoms with Crippen molar-refractivity contribution >= 4 is 12.1 Å². The summed E-state index contributed by atoms with van der Waals surface area (Å²) in [4.78, 5) is 22.7. The molecule has 1 N–H and O–H groups in total. The summed E-state index contributed by atoms with van der Waals surface area (Å²) < 4.78 is 4.58. The minimum Gasteiger partial charge on any atom is -0.374 e. The van der Waals surface area contributed by atoms with E-state index in [4.69, 9.17) is 0 Å². The lowest BCUT2D eigenvalue weighted by atomic mass is 9.88. The molecular formula is C11H19NO3. The van der Waals surface area contributed by atoms with Crippen LogP contribution in [0.3, 0.4) is 0 Å². The number of rotatable bonds is 6. The van der Waals surface area contributed by atoms with Crippen LogP contribution in [0.25, 0.3) is 0 Å². The quantitative estimate of drug-likeness (QED) is 0.544. The van der Waals surface area contributed by atoms with Crippen LogP contribution in [0, 0.1) is 0 Å². The van der Waals surface area contributed by atoms with E-state index in [1.54, 1.807) is 0 Å². The first-order valence-electron chi connectivity index (χ1n) is 5.69. The van der Waals surface area contributed by atoms with E-state index in [0.29, 0.717) is 12.8 Å². The van der Waals surface area contributed by atoms with Crippen LogP contribution in [0.1, 0.15) is 52.4 Å². The molecule has 0 aromatic carbocycles. The highest BCUT2D eigenvalue weighted by molar-refractivity contribution is 5.98. The molecule has 86 valence electrons. The van der Waals surface area contributed by atoms with Crippen LogP contribution in [0.15, 0.2) is 0 Å². The first kappa shape index (κ1) is 12.0. The zero-order valence-corrected chi connectivity index (χ0v) is 9.47. The molecule has 0 bridgehead atoms. The van der Waals surface area contributed by atoms with Crippen molar-refractivity contribution in [3.8, 4) is 0 Å². The third-order valence-electron chi connectivity index (χ3n) is 2.83. The highest BCUT2D eigenvalue weighted by Crippen LogP contribution is 2.27. The summed E-state index contributed by atoms with van der Waals surface area (Å²) in [5.74, 6) is -0.394. The number of hydrogen-bond donors (Lipinski definition) is 1. The maximum Gasteiger partial charge on any atom is 0.415 e. The molecule has 1 amide bonds. The Morgan fingerprint density at radius 1 is 1.13 bits per heavy atom. The van der Waals surface area contributed by atoms with Gasteiger partial charge in [-0.1, -0.05) is 39.5 Å². The van der Waals surface area contributed by atoms with Crippen LogP contribution in [-0.4, -0.2) is 17.6 Å².